The Balaban J connectivity index is 1.34. The zero-order valence-electron chi connectivity index (χ0n) is 23.1. The van der Waals surface area contributed by atoms with Gasteiger partial charge in [-0.1, -0.05) is 37.5 Å². The molecule has 208 valence electrons. The molecule has 1 aliphatic heterocycles. The molecule has 1 aliphatic carbocycles. The maximum absolute atomic E-state index is 14.3. The number of nitrogen functional groups attached to an aromatic ring is 1. The third-order valence-corrected chi connectivity index (χ3v) is 8.43. The fraction of sp³-hybridized carbons (Fsp3) is 0.375. The van der Waals surface area contributed by atoms with Crippen molar-refractivity contribution in [2.24, 2.45) is 0 Å². The summed E-state index contributed by atoms with van der Waals surface area (Å²) in [5, 5.41) is 8.70. The molecule has 8 heteroatoms. The molecule has 2 aliphatic rings. The van der Waals surface area contributed by atoms with Gasteiger partial charge in [0.25, 0.3) is 5.91 Å². The summed E-state index contributed by atoms with van der Waals surface area (Å²) < 4.78 is 13.8. The normalized spacial score (nSPS) is 16.9. The second-order valence-corrected chi connectivity index (χ2v) is 11.3. The molecule has 1 saturated carbocycles. The number of amides is 1. The van der Waals surface area contributed by atoms with Crippen LogP contribution in [0, 0.1) is 5.82 Å². The van der Waals surface area contributed by atoms with Crippen molar-refractivity contribution in [3.8, 4) is 0 Å². The van der Waals surface area contributed by atoms with Crippen molar-refractivity contribution in [1.29, 1.82) is 0 Å². The number of halogens is 1. The summed E-state index contributed by atoms with van der Waals surface area (Å²) in [6.45, 7) is 3.89. The summed E-state index contributed by atoms with van der Waals surface area (Å²) in [6, 6.07) is 18.7. The van der Waals surface area contributed by atoms with Crippen LogP contribution in [0.3, 0.4) is 0 Å². The number of rotatable bonds is 6. The van der Waals surface area contributed by atoms with Crippen LogP contribution in [0.2, 0.25) is 0 Å². The Morgan fingerprint density at radius 2 is 1.77 bits per heavy atom. The highest BCUT2D eigenvalue weighted by Crippen LogP contribution is 2.34. The van der Waals surface area contributed by atoms with Crippen molar-refractivity contribution < 1.29 is 9.18 Å². The molecule has 0 atom stereocenters. The SMILES string of the molecule is CN1CCN(c2ccc(C(=O)N(c3n[nH]c4ccc(Cc5cccc(F)c5)cc34)C3CCCCC3)c(N)c2)CC1. The molecule has 2 fully saturated rings. The largest absolute Gasteiger partial charge is 0.398 e. The third-order valence-electron chi connectivity index (χ3n) is 8.43. The van der Waals surface area contributed by atoms with Gasteiger partial charge in [0.15, 0.2) is 5.82 Å². The van der Waals surface area contributed by atoms with Crippen molar-refractivity contribution in [3.05, 3.63) is 83.2 Å². The number of piperazine rings is 1. The van der Waals surface area contributed by atoms with Crippen LogP contribution in [-0.4, -0.2) is 60.3 Å². The average molecular weight is 541 g/mol. The number of aromatic amines is 1. The van der Waals surface area contributed by atoms with Crippen LogP contribution >= 0.6 is 0 Å². The summed E-state index contributed by atoms with van der Waals surface area (Å²) in [5.74, 6) is 0.279. The van der Waals surface area contributed by atoms with E-state index in [0.717, 1.165) is 79.6 Å². The molecule has 0 radical (unpaired) electrons. The van der Waals surface area contributed by atoms with Gasteiger partial charge in [-0.3, -0.25) is 14.8 Å². The van der Waals surface area contributed by atoms with E-state index in [2.05, 4.69) is 33.1 Å². The molecule has 2 heterocycles. The molecule has 3 N–H and O–H groups in total. The van der Waals surface area contributed by atoms with Crippen LogP contribution in [-0.2, 0) is 6.42 Å². The molecule has 6 rings (SSSR count). The first-order valence-electron chi connectivity index (χ1n) is 14.3. The zero-order chi connectivity index (χ0) is 27.6. The minimum absolute atomic E-state index is 0.0522. The number of anilines is 3. The fourth-order valence-electron chi connectivity index (χ4n) is 6.13. The number of nitrogens with one attached hydrogen (secondary N) is 1. The number of hydrogen-bond acceptors (Lipinski definition) is 5. The zero-order valence-corrected chi connectivity index (χ0v) is 23.1. The number of nitrogens with zero attached hydrogens (tertiary/aromatic N) is 4. The Morgan fingerprint density at radius 1 is 1.00 bits per heavy atom. The molecule has 40 heavy (non-hydrogen) atoms. The number of hydrogen-bond donors (Lipinski definition) is 2. The first-order valence-corrected chi connectivity index (χ1v) is 14.3. The van der Waals surface area contributed by atoms with E-state index < -0.39 is 0 Å². The second-order valence-electron chi connectivity index (χ2n) is 11.3. The van der Waals surface area contributed by atoms with Gasteiger partial charge in [0.1, 0.15) is 5.82 Å². The van der Waals surface area contributed by atoms with Crippen LogP contribution in [0.25, 0.3) is 10.9 Å². The van der Waals surface area contributed by atoms with Crippen LogP contribution < -0.4 is 15.5 Å². The van der Waals surface area contributed by atoms with Gasteiger partial charge in [-0.15, -0.1) is 0 Å². The lowest BCUT2D eigenvalue weighted by molar-refractivity contribution is 0.0970. The highest BCUT2D eigenvalue weighted by molar-refractivity contribution is 6.12. The summed E-state index contributed by atoms with van der Waals surface area (Å²) in [6.07, 6.45) is 5.81. The molecule has 7 nitrogen and oxygen atoms in total. The number of benzene rings is 3. The van der Waals surface area contributed by atoms with Gasteiger partial charge in [0.05, 0.1) is 11.1 Å². The van der Waals surface area contributed by atoms with Crippen molar-refractivity contribution in [3.63, 3.8) is 0 Å². The quantitative estimate of drug-likeness (QED) is 0.311. The Morgan fingerprint density at radius 3 is 2.52 bits per heavy atom. The molecular formula is C32H37FN6O. The van der Waals surface area contributed by atoms with E-state index in [4.69, 9.17) is 5.73 Å². The van der Waals surface area contributed by atoms with E-state index in [1.807, 2.05) is 41.3 Å². The lowest BCUT2D eigenvalue weighted by Gasteiger charge is -2.35. The first-order chi connectivity index (χ1) is 19.5. The monoisotopic (exact) mass is 540 g/mol. The van der Waals surface area contributed by atoms with Gasteiger partial charge >= 0.3 is 0 Å². The molecule has 0 spiro atoms. The van der Waals surface area contributed by atoms with Gasteiger partial charge in [0, 0.05) is 49.0 Å². The smallest absolute Gasteiger partial charge is 0.261 e. The average Bonchev–Trinajstić information content (AvgIpc) is 3.37. The van der Waals surface area contributed by atoms with E-state index in [0.29, 0.717) is 23.5 Å². The number of likely N-dealkylation sites (N-methyl/N-ethyl adjacent to an activating group) is 1. The van der Waals surface area contributed by atoms with E-state index in [1.54, 1.807) is 12.1 Å². The van der Waals surface area contributed by atoms with Crippen LogP contribution in [0.4, 0.5) is 21.6 Å². The summed E-state index contributed by atoms with van der Waals surface area (Å²) in [7, 11) is 2.14. The number of carbonyl (C=O) groups excluding carboxylic acids is 1. The van der Waals surface area contributed by atoms with Crippen molar-refractivity contribution in [2.75, 3.05) is 48.8 Å². The predicted molar refractivity (Wildman–Crippen MR) is 160 cm³/mol. The third kappa shape index (κ3) is 5.41. The highest BCUT2D eigenvalue weighted by Gasteiger charge is 2.32. The maximum Gasteiger partial charge on any atom is 0.261 e. The van der Waals surface area contributed by atoms with E-state index >= 15 is 0 Å². The molecule has 3 aromatic carbocycles. The van der Waals surface area contributed by atoms with Gasteiger partial charge in [-0.05, 0) is 79.9 Å². The van der Waals surface area contributed by atoms with E-state index in [1.165, 1.54) is 12.5 Å². The highest BCUT2D eigenvalue weighted by atomic mass is 19.1. The number of nitrogens with two attached hydrogens (primary N) is 1. The lowest BCUT2D eigenvalue weighted by atomic mass is 9.93. The minimum Gasteiger partial charge on any atom is -0.398 e. The molecule has 0 bridgehead atoms. The fourth-order valence-corrected chi connectivity index (χ4v) is 6.13. The number of fused-ring (bicyclic) bond motifs is 1. The van der Waals surface area contributed by atoms with Gasteiger partial charge in [-0.2, -0.15) is 5.10 Å². The molecule has 1 saturated heterocycles. The first kappa shape index (κ1) is 26.3. The van der Waals surface area contributed by atoms with Crippen LogP contribution in [0.15, 0.2) is 60.7 Å². The van der Waals surface area contributed by atoms with Crippen LogP contribution in [0.5, 0.6) is 0 Å². The minimum atomic E-state index is -0.243. The van der Waals surface area contributed by atoms with Crippen molar-refractivity contribution in [1.82, 2.24) is 15.1 Å². The molecule has 4 aromatic rings. The molecule has 0 unspecified atom stereocenters. The number of carbonyl (C=O) groups is 1. The molecular weight excluding hydrogens is 503 g/mol. The maximum atomic E-state index is 14.3. The Hall–Kier alpha value is -3.91. The van der Waals surface area contributed by atoms with Crippen LogP contribution in [0.1, 0.15) is 53.6 Å². The number of H-pyrrole nitrogens is 1. The Bertz CT molecular complexity index is 1500. The summed E-state index contributed by atoms with van der Waals surface area (Å²) >= 11 is 0. The molecule has 1 aromatic heterocycles. The van der Waals surface area contributed by atoms with Crippen molar-refractivity contribution in [2.45, 2.75) is 44.6 Å². The lowest BCUT2D eigenvalue weighted by Crippen LogP contribution is -2.44. The second kappa shape index (κ2) is 11.3. The van der Waals surface area contributed by atoms with E-state index in [-0.39, 0.29) is 17.8 Å². The summed E-state index contributed by atoms with van der Waals surface area (Å²) in [5.41, 5.74) is 11.4. The Labute approximate surface area is 234 Å². The number of aromatic nitrogens is 2. The van der Waals surface area contributed by atoms with E-state index in [9.17, 15) is 9.18 Å². The Kier molecular flexibility index (Phi) is 7.43. The van der Waals surface area contributed by atoms with Gasteiger partial charge in [0.2, 0.25) is 0 Å². The topological polar surface area (TPSA) is 81.5 Å². The predicted octanol–water partition coefficient (Wildman–Crippen LogP) is 5.61. The molecule has 1 amide bonds. The van der Waals surface area contributed by atoms with Crippen molar-refractivity contribution >= 4 is 34.0 Å². The van der Waals surface area contributed by atoms with Gasteiger partial charge in [-0.25, -0.2) is 4.39 Å². The summed E-state index contributed by atoms with van der Waals surface area (Å²) in [4.78, 5) is 20.8. The standard InChI is InChI=1S/C32H37FN6O/c1-37-14-16-38(17-15-37)26-11-12-27(29(34)21-26)32(40)39(25-8-3-2-4-9-25)31-28-20-23(10-13-30(28)35-36-31)18-22-6-5-7-24(33)19-22/h5-7,10-13,19-21,25H,2-4,8-9,14-18,34H2,1H3,(H,35,36). The van der Waals surface area contributed by atoms with Gasteiger partial charge < -0.3 is 15.5 Å².